The van der Waals surface area contributed by atoms with Gasteiger partial charge in [-0.15, -0.1) is 0 Å². The number of nitrogens with two attached hydrogens (primary N) is 1. The van der Waals surface area contributed by atoms with E-state index in [2.05, 4.69) is 13.8 Å². The summed E-state index contributed by atoms with van der Waals surface area (Å²) in [5, 5.41) is 0.671. The van der Waals surface area contributed by atoms with Gasteiger partial charge in [0.2, 0.25) is 0 Å². The van der Waals surface area contributed by atoms with Crippen molar-refractivity contribution >= 4 is 17.3 Å². The maximum atomic E-state index is 12.4. The number of anilines is 1. The Morgan fingerprint density at radius 1 is 1.14 bits per heavy atom. The van der Waals surface area contributed by atoms with Crippen LogP contribution >= 0.6 is 11.6 Å². The first-order valence-corrected chi connectivity index (χ1v) is 7.79. The topological polar surface area (TPSA) is 53.0 Å². The molecule has 5 heteroatoms. The Kier molecular flexibility index (Phi) is 5.12. The number of benzene rings is 1. The Labute approximate surface area is 130 Å². The zero-order chi connectivity index (χ0) is 15.4. The summed E-state index contributed by atoms with van der Waals surface area (Å²) in [5.41, 5.74) is 8.15. The Morgan fingerprint density at radius 2 is 1.86 bits per heavy atom. The van der Waals surface area contributed by atoms with Crippen LogP contribution in [0.1, 0.15) is 37.9 Å². The summed E-state index contributed by atoms with van der Waals surface area (Å²) in [6.07, 6.45) is 2.73. The molecule has 2 N–H and O–H groups in total. The Hall–Kier alpha value is -1.68. The first-order chi connectivity index (χ1) is 10.1. The molecule has 0 radical (unpaired) electrons. The fourth-order valence-corrected chi connectivity index (χ4v) is 2.77. The van der Waals surface area contributed by atoms with Gasteiger partial charge in [-0.2, -0.15) is 0 Å². The van der Waals surface area contributed by atoms with Crippen molar-refractivity contribution in [3.05, 3.63) is 50.9 Å². The van der Waals surface area contributed by atoms with Crippen LogP contribution < -0.4 is 11.3 Å². The molecule has 0 amide bonds. The van der Waals surface area contributed by atoms with Gasteiger partial charge in [-0.1, -0.05) is 50.1 Å². The quantitative estimate of drug-likeness (QED) is 0.890. The lowest BCUT2D eigenvalue weighted by atomic mass is 10.2. The minimum atomic E-state index is -0.119. The molecule has 114 valence electrons. The van der Waals surface area contributed by atoms with E-state index in [-0.39, 0.29) is 5.56 Å². The molecule has 4 nitrogen and oxygen atoms in total. The van der Waals surface area contributed by atoms with Gasteiger partial charge in [0.05, 0.1) is 12.2 Å². The van der Waals surface area contributed by atoms with Crippen LogP contribution in [0.15, 0.2) is 29.1 Å². The van der Waals surface area contributed by atoms with E-state index in [1.807, 2.05) is 28.9 Å². The molecule has 0 saturated carbocycles. The molecule has 0 unspecified atom stereocenters. The zero-order valence-corrected chi connectivity index (χ0v) is 13.4. The van der Waals surface area contributed by atoms with Crippen LogP contribution in [0.5, 0.6) is 0 Å². The second-order valence-corrected chi connectivity index (χ2v) is 5.59. The average Bonchev–Trinajstić information content (AvgIpc) is 2.68. The van der Waals surface area contributed by atoms with Crippen molar-refractivity contribution in [1.82, 2.24) is 9.36 Å². The van der Waals surface area contributed by atoms with Crippen molar-refractivity contribution in [1.29, 1.82) is 0 Å². The highest BCUT2D eigenvalue weighted by Crippen LogP contribution is 2.18. The van der Waals surface area contributed by atoms with Crippen LogP contribution in [0.25, 0.3) is 0 Å². The number of rotatable bonds is 6. The van der Waals surface area contributed by atoms with Crippen LogP contribution in [0.2, 0.25) is 5.02 Å². The molecule has 0 atom stereocenters. The van der Waals surface area contributed by atoms with Crippen molar-refractivity contribution in [3.8, 4) is 0 Å². The summed E-state index contributed by atoms with van der Waals surface area (Å²) in [5.74, 6) is 0. The molecule has 1 aromatic carbocycles. The Bertz CT molecular complexity index is 673. The molecule has 0 fully saturated rings. The van der Waals surface area contributed by atoms with Gasteiger partial charge < -0.3 is 5.73 Å². The van der Waals surface area contributed by atoms with Crippen molar-refractivity contribution < 1.29 is 0 Å². The smallest absolute Gasteiger partial charge is 0.290 e. The van der Waals surface area contributed by atoms with E-state index in [1.54, 1.807) is 4.68 Å². The molecule has 0 aliphatic carbocycles. The number of aromatic nitrogens is 2. The second kappa shape index (κ2) is 6.85. The van der Waals surface area contributed by atoms with Crippen molar-refractivity contribution in [3.63, 3.8) is 0 Å². The highest BCUT2D eigenvalue weighted by Gasteiger charge is 2.17. The SMILES string of the molecule is CCCc1c(N)c(=O)n(Cc2ccccc2Cl)n1CCC. The molecule has 0 aliphatic heterocycles. The predicted octanol–water partition coefficient (Wildman–Crippen LogP) is 3.30. The van der Waals surface area contributed by atoms with Crippen molar-refractivity contribution in [2.45, 2.75) is 46.2 Å². The van der Waals surface area contributed by atoms with E-state index < -0.39 is 0 Å². The lowest BCUT2D eigenvalue weighted by molar-refractivity contribution is 0.449. The first-order valence-electron chi connectivity index (χ1n) is 7.41. The third-order valence-electron chi connectivity index (χ3n) is 3.58. The summed E-state index contributed by atoms with van der Waals surface area (Å²) in [4.78, 5) is 12.4. The lowest BCUT2D eigenvalue weighted by Gasteiger charge is -2.14. The molecule has 2 aromatic rings. The van der Waals surface area contributed by atoms with E-state index in [4.69, 9.17) is 17.3 Å². The number of hydrogen-bond acceptors (Lipinski definition) is 2. The van der Waals surface area contributed by atoms with Gasteiger partial charge in [-0.05, 0) is 24.5 Å². The van der Waals surface area contributed by atoms with E-state index >= 15 is 0 Å². The van der Waals surface area contributed by atoms with E-state index in [9.17, 15) is 4.79 Å². The summed E-state index contributed by atoms with van der Waals surface area (Å²) >= 11 is 6.21. The molecule has 1 aromatic heterocycles. The van der Waals surface area contributed by atoms with E-state index in [0.717, 1.165) is 37.1 Å². The fourth-order valence-electron chi connectivity index (χ4n) is 2.57. The Balaban J connectivity index is 2.50. The molecular formula is C16H22ClN3O. The average molecular weight is 308 g/mol. The molecule has 2 rings (SSSR count). The molecule has 1 heterocycles. The molecule has 0 bridgehead atoms. The van der Waals surface area contributed by atoms with Gasteiger partial charge in [0.25, 0.3) is 5.56 Å². The second-order valence-electron chi connectivity index (χ2n) is 5.19. The third kappa shape index (κ3) is 3.16. The summed E-state index contributed by atoms with van der Waals surface area (Å²) in [6, 6.07) is 7.59. The Morgan fingerprint density at radius 3 is 2.48 bits per heavy atom. The molecule has 21 heavy (non-hydrogen) atoms. The molecule has 0 spiro atoms. The van der Waals surface area contributed by atoms with Gasteiger partial charge in [0.1, 0.15) is 5.69 Å². The van der Waals surface area contributed by atoms with Crippen LogP contribution in [0.3, 0.4) is 0 Å². The van der Waals surface area contributed by atoms with Crippen LogP contribution in [-0.4, -0.2) is 9.36 Å². The number of nitrogen functional groups attached to an aromatic ring is 1. The molecular weight excluding hydrogens is 286 g/mol. The normalized spacial score (nSPS) is 11.0. The van der Waals surface area contributed by atoms with Crippen LogP contribution in [0.4, 0.5) is 5.69 Å². The first kappa shape index (κ1) is 15.7. The standard InChI is InChI=1S/C16H22ClN3O/c1-3-7-14-15(18)16(21)20(19(14)10-4-2)11-12-8-5-6-9-13(12)17/h5-6,8-9H,3-4,7,10-11,18H2,1-2H3. The highest BCUT2D eigenvalue weighted by molar-refractivity contribution is 6.31. The maximum Gasteiger partial charge on any atom is 0.290 e. The number of hydrogen-bond donors (Lipinski definition) is 1. The minimum Gasteiger partial charge on any atom is -0.393 e. The van der Waals surface area contributed by atoms with E-state index in [1.165, 1.54) is 0 Å². The minimum absolute atomic E-state index is 0.119. The summed E-state index contributed by atoms with van der Waals surface area (Å²) < 4.78 is 3.73. The van der Waals surface area contributed by atoms with Gasteiger partial charge >= 0.3 is 0 Å². The zero-order valence-electron chi connectivity index (χ0n) is 12.6. The van der Waals surface area contributed by atoms with Crippen LogP contribution in [-0.2, 0) is 19.5 Å². The number of halogens is 1. The van der Waals surface area contributed by atoms with Crippen molar-refractivity contribution in [2.24, 2.45) is 0 Å². The molecule has 0 saturated heterocycles. The molecule has 0 aliphatic rings. The maximum absolute atomic E-state index is 12.4. The lowest BCUT2D eigenvalue weighted by Crippen LogP contribution is -2.25. The summed E-state index contributed by atoms with van der Waals surface area (Å²) in [6.45, 7) is 5.42. The van der Waals surface area contributed by atoms with E-state index in [0.29, 0.717) is 17.3 Å². The summed E-state index contributed by atoms with van der Waals surface area (Å²) in [7, 11) is 0. The number of nitrogens with zero attached hydrogens (tertiary/aromatic N) is 2. The third-order valence-corrected chi connectivity index (χ3v) is 3.95. The van der Waals surface area contributed by atoms with Crippen molar-refractivity contribution in [2.75, 3.05) is 5.73 Å². The van der Waals surface area contributed by atoms with Gasteiger partial charge in [0, 0.05) is 11.6 Å². The largest absolute Gasteiger partial charge is 0.393 e. The monoisotopic (exact) mass is 307 g/mol. The van der Waals surface area contributed by atoms with Gasteiger partial charge in [0.15, 0.2) is 0 Å². The van der Waals surface area contributed by atoms with Gasteiger partial charge in [-0.3, -0.25) is 9.48 Å². The van der Waals surface area contributed by atoms with Crippen LogP contribution in [0, 0.1) is 0 Å². The van der Waals surface area contributed by atoms with Gasteiger partial charge in [-0.25, -0.2) is 4.68 Å². The highest BCUT2D eigenvalue weighted by atomic mass is 35.5. The predicted molar refractivity (Wildman–Crippen MR) is 87.9 cm³/mol. The fraction of sp³-hybridized carbons (Fsp3) is 0.438.